The molecule has 7 heteroatoms. The van der Waals surface area contributed by atoms with Crippen molar-refractivity contribution in [3.63, 3.8) is 0 Å². The predicted octanol–water partition coefficient (Wildman–Crippen LogP) is 3.70. The molecule has 1 aliphatic heterocycles. The second-order valence-corrected chi connectivity index (χ2v) is 8.23. The van der Waals surface area contributed by atoms with Crippen LogP contribution in [0.5, 0.6) is 0 Å². The molecule has 0 radical (unpaired) electrons. The number of amides is 1. The van der Waals surface area contributed by atoms with Gasteiger partial charge < -0.3 is 14.1 Å². The third kappa shape index (κ3) is 4.46. The zero-order valence-electron chi connectivity index (χ0n) is 18.1. The number of benzene rings is 2. The average Bonchev–Trinajstić information content (AvgIpc) is 3.23. The molecular weight excluding hydrogens is 394 g/mol. The number of nitrogens with zero attached hydrogens (tertiary/aromatic N) is 3. The first-order valence-electron chi connectivity index (χ1n) is 10.6. The van der Waals surface area contributed by atoms with E-state index in [-0.39, 0.29) is 5.91 Å². The molecule has 1 amide bonds. The maximum atomic E-state index is 13.1. The van der Waals surface area contributed by atoms with Crippen LogP contribution in [0.15, 0.2) is 46.9 Å². The first-order valence-corrected chi connectivity index (χ1v) is 10.6. The summed E-state index contributed by atoms with van der Waals surface area (Å²) in [5.41, 5.74) is 2.56. The molecule has 1 aliphatic rings. The van der Waals surface area contributed by atoms with Crippen molar-refractivity contribution in [2.24, 2.45) is 5.92 Å². The maximum absolute atomic E-state index is 13.1. The van der Waals surface area contributed by atoms with E-state index in [2.05, 4.69) is 23.7 Å². The van der Waals surface area contributed by atoms with E-state index < -0.39 is 5.97 Å². The number of carbonyl (C=O) groups excluding carboxylic acids is 2. The number of para-hydroxylation sites is 1. The van der Waals surface area contributed by atoms with Gasteiger partial charge in [-0.1, -0.05) is 26.0 Å². The molecule has 4 rings (SSSR count). The second kappa shape index (κ2) is 8.89. The second-order valence-electron chi connectivity index (χ2n) is 8.23. The molecule has 2 aromatic carbocycles. The van der Waals surface area contributed by atoms with Gasteiger partial charge in [0.25, 0.3) is 5.91 Å². The average molecular weight is 421 g/mol. The molecule has 0 N–H and O–H groups in total. The highest BCUT2D eigenvalue weighted by molar-refractivity contribution is 6.01. The van der Waals surface area contributed by atoms with Crippen LogP contribution in [-0.4, -0.2) is 66.5 Å². The Morgan fingerprint density at radius 2 is 1.84 bits per heavy atom. The Kier molecular flexibility index (Phi) is 6.04. The minimum absolute atomic E-state index is 0.0115. The summed E-state index contributed by atoms with van der Waals surface area (Å²) in [6.07, 6.45) is 0. The molecule has 0 bridgehead atoms. The summed E-state index contributed by atoms with van der Waals surface area (Å²) in [6.45, 7) is 8.72. The van der Waals surface area contributed by atoms with E-state index in [9.17, 15) is 9.59 Å². The minimum Gasteiger partial charge on any atom is -0.465 e. The predicted molar refractivity (Wildman–Crippen MR) is 118 cm³/mol. The molecule has 2 heterocycles. The van der Waals surface area contributed by atoms with Gasteiger partial charge in [-0.3, -0.25) is 9.69 Å². The minimum atomic E-state index is -0.478. The Balaban J connectivity index is 1.55. The lowest BCUT2D eigenvalue weighted by atomic mass is 10.1. The van der Waals surface area contributed by atoms with E-state index in [0.29, 0.717) is 39.6 Å². The van der Waals surface area contributed by atoms with E-state index in [0.717, 1.165) is 32.7 Å². The van der Waals surface area contributed by atoms with Crippen LogP contribution in [0, 0.1) is 5.92 Å². The lowest BCUT2D eigenvalue weighted by molar-refractivity contribution is 0.0599. The molecule has 162 valence electrons. The van der Waals surface area contributed by atoms with Crippen molar-refractivity contribution in [2.45, 2.75) is 13.8 Å². The lowest BCUT2D eigenvalue weighted by Gasteiger charge is -2.35. The third-order valence-electron chi connectivity index (χ3n) is 5.46. The van der Waals surface area contributed by atoms with E-state index >= 15 is 0 Å². The van der Waals surface area contributed by atoms with Gasteiger partial charge in [-0.05, 0) is 36.2 Å². The van der Waals surface area contributed by atoms with E-state index in [1.54, 1.807) is 24.3 Å². The summed E-state index contributed by atoms with van der Waals surface area (Å²) in [5.74, 6) is 0.518. The van der Waals surface area contributed by atoms with Crippen LogP contribution in [0.3, 0.4) is 0 Å². The van der Waals surface area contributed by atoms with Gasteiger partial charge in [0.1, 0.15) is 11.1 Å². The highest BCUT2D eigenvalue weighted by atomic mass is 16.5. The van der Waals surface area contributed by atoms with Crippen molar-refractivity contribution in [3.05, 3.63) is 53.6 Å². The fourth-order valence-electron chi connectivity index (χ4n) is 3.96. The molecule has 0 atom stereocenters. The van der Waals surface area contributed by atoms with Crippen LogP contribution in [0.2, 0.25) is 0 Å². The number of fused-ring (bicyclic) bond motifs is 1. The van der Waals surface area contributed by atoms with Crippen molar-refractivity contribution in [3.8, 4) is 11.5 Å². The maximum Gasteiger partial charge on any atom is 0.341 e. The standard InChI is InChI=1S/C24H27N3O4/c1-16(2)15-26-10-12-27(13-11-26)23(28)18-7-4-6-17(14-18)22-25-20-9-5-8-19(21(20)31-22)24(29)30-3/h4-9,14,16H,10-13,15H2,1-3H3. The Morgan fingerprint density at radius 3 is 2.55 bits per heavy atom. The Bertz CT molecular complexity index is 1100. The smallest absolute Gasteiger partial charge is 0.341 e. The number of carbonyl (C=O) groups is 2. The molecule has 7 nitrogen and oxygen atoms in total. The SMILES string of the molecule is COC(=O)c1cccc2nc(-c3cccc(C(=O)N4CCN(CC(C)C)CC4)c3)oc12. The number of methoxy groups -OCH3 is 1. The number of hydrogen-bond acceptors (Lipinski definition) is 6. The molecule has 1 fully saturated rings. The third-order valence-corrected chi connectivity index (χ3v) is 5.46. The van der Waals surface area contributed by atoms with Crippen LogP contribution < -0.4 is 0 Å². The summed E-state index contributed by atoms with van der Waals surface area (Å²) in [7, 11) is 1.33. The molecule has 31 heavy (non-hydrogen) atoms. The van der Waals surface area contributed by atoms with Gasteiger partial charge in [0.15, 0.2) is 5.58 Å². The van der Waals surface area contributed by atoms with Gasteiger partial charge in [0.05, 0.1) is 7.11 Å². The lowest BCUT2D eigenvalue weighted by Crippen LogP contribution is -2.49. The fraction of sp³-hybridized carbons (Fsp3) is 0.375. The summed E-state index contributed by atoms with van der Waals surface area (Å²) in [5, 5.41) is 0. The van der Waals surface area contributed by atoms with Crippen LogP contribution >= 0.6 is 0 Å². The first kappa shape index (κ1) is 21.1. The highest BCUT2D eigenvalue weighted by Gasteiger charge is 2.23. The summed E-state index contributed by atoms with van der Waals surface area (Å²) < 4.78 is 10.7. The molecule has 0 unspecified atom stereocenters. The van der Waals surface area contributed by atoms with Crippen LogP contribution in [0.4, 0.5) is 0 Å². The molecule has 0 spiro atoms. The summed E-state index contributed by atoms with van der Waals surface area (Å²) in [6, 6.07) is 12.4. The van der Waals surface area contributed by atoms with Crippen LogP contribution in [0.1, 0.15) is 34.6 Å². The van der Waals surface area contributed by atoms with E-state index in [1.165, 1.54) is 7.11 Å². The number of hydrogen-bond donors (Lipinski definition) is 0. The number of rotatable bonds is 5. The molecule has 3 aromatic rings. The summed E-state index contributed by atoms with van der Waals surface area (Å²) >= 11 is 0. The number of oxazole rings is 1. The van der Waals surface area contributed by atoms with Crippen molar-refractivity contribution < 1.29 is 18.7 Å². The number of aromatic nitrogens is 1. The monoisotopic (exact) mass is 421 g/mol. The van der Waals surface area contributed by atoms with E-state index in [4.69, 9.17) is 9.15 Å². The summed E-state index contributed by atoms with van der Waals surface area (Å²) in [4.78, 5) is 33.9. The molecule has 1 saturated heterocycles. The van der Waals surface area contributed by atoms with Crippen molar-refractivity contribution in [1.82, 2.24) is 14.8 Å². The first-order chi connectivity index (χ1) is 15.0. The van der Waals surface area contributed by atoms with Crippen LogP contribution in [0.25, 0.3) is 22.6 Å². The van der Waals surface area contributed by atoms with Gasteiger partial charge in [0.2, 0.25) is 5.89 Å². The van der Waals surface area contributed by atoms with Gasteiger partial charge in [-0.15, -0.1) is 0 Å². The van der Waals surface area contributed by atoms with Crippen molar-refractivity contribution >= 4 is 23.0 Å². The largest absolute Gasteiger partial charge is 0.465 e. The molecule has 0 aliphatic carbocycles. The van der Waals surface area contributed by atoms with Crippen LogP contribution in [-0.2, 0) is 4.74 Å². The zero-order chi connectivity index (χ0) is 22.0. The van der Waals surface area contributed by atoms with Crippen molar-refractivity contribution in [2.75, 3.05) is 39.8 Å². The zero-order valence-corrected chi connectivity index (χ0v) is 18.1. The van der Waals surface area contributed by atoms with Gasteiger partial charge in [-0.25, -0.2) is 9.78 Å². The van der Waals surface area contributed by atoms with Gasteiger partial charge >= 0.3 is 5.97 Å². The number of esters is 1. The quantitative estimate of drug-likeness (QED) is 0.585. The number of ether oxygens (including phenoxy) is 1. The van der Waals surface area contributed by atoms with Gasteiger partial charge in [0, 0.05) is 43.9 Å². The molecule has 0 saturated carbocycles. The molecular formula is C24H27N3O4. The van der Waals surface area contributed by atoms with E-state index in [1.807, 2.05) is 23.1 Å². The highest BCUT2D eigenvalue weighted by Crippen LogP contribution is 2.28. The van der Waals surface area contributed by atoms with Crippen molar-refractivity contribution in [1.29, 1.82) is 0 Å². The number of piperazine rings is 1. The molecule has 1 aromatic heterocycles. The van der Waals surface area contributed by atoms with Gasteiger partial charge in [-0.2, -0.15) is 0 Å². The Morgan fingerprint density at radius 1 is 1.10 bits per heavy atom. The Labute approximate surface area is 181 Å². The fourth-order valence-corrected chi connectivity index (χ4v) is 3.96. The Hall–Kier alpha value is -3.19. The topological polar surface area (TPSA) is 75.9 Å². The normalized spacial score (nSPS) is 14.9.